The molecule has 0 radical (unpaired) electrons. The second kappa shape index (κ2) is 6.17. The van der Waals surface area contributed by atoms with Crippen molar-refractivity contribution in [3.05, 3.63) is 23.5 Å². The highest BCUT2D eigenvalue weighted by atomic mass is 14.8. The Balaban J connectivity index is 0.000000671. The Morgan fingerprint density at radius 3 is 2.54 bits per heavy atom. The molecular formula is C10H17N3. The van der Waals surface area contributed by atoms with Gasteiger partial charge in [-0.3, -0.25) is 4.99 Å². The number of nitrogens with two attached hydrogens (primary N) is 1. The summed E-state index contributed by atoms with van der Waals surface area (Å²) in [7, 11) is 1.70. The maximum absolute atomic E-state index is 5.62. The van der Waals surface area contributed by atoms with Crippen LogP contribution in [0.15, 0.2) is 17.1 Å². The first kappa shape index (κ1) is 11.6. The standard InChI is InChI=1S/C8H11N3.C2H6/c1-6-3-4-7(9)8(11-6)5-10-2;1-2/h3-5H,9H2,1-2H3;1-2H3. The molecule has 0 fully saturated rings. The molecule has 0 amide bonds. The molecule has 1 aromatic rings. The van der Waals surface area contributed by atoms with Gasteiger partial charge < -0.3 is 5.73 Å². The van der Waals surface area contributed by atoms with Gasteiger partial charge in [0.25, 0.3) is 0 Å². The minimum atomic E-state index is 0.668. The van der Waals surface area contributed by atoms with Gasteiger partial charge in [0.1, 0.15) is 5.69 Å². The largest absolute Gasteiger partial charge is 0.397 e. The van der Waals surface area contributed by atoms with E-state index in [0.717, 1.165) is 11.4 Å². The average Bonchev–Trinajstić information content (AvgIpc) is 2.15. The summed E-state index contributed by atoms with van der Waals surface area (Å²) >= 11 is 0. The molecule has 0 unspecified atom stereocenters. The van der Waals surface area contributed by atoms with E-state index in [2.05, 4.69) is 9.98 Å². The van der Waals surface area contributed by atoms with Crippen LogP contribution in [0.1, 0.15) is 25.2 Å². The van der Waals surface area contributed by atoms with E-state index in [4.69, 9.17) is 5.73 Å². The van der Waals surface area contributed by atoms with Gasteiger partial charge >= 0.3 is 0 Å². The highest BCUT2D eigenvalue weighted by molar-refractivity contribution is 5.84. The molecule has 0 bridgehead atoms. The van der Waals surface area contributed by atoms with Gasteiger partial charge in [0, 0.05) is 19.0 Å². The second-order valence-electron chi connectivity index (χ2n) is 2.31. The number of aryl methyl sites for hydroxylation is 1. The van der Waals surface area contributed by atoms with Gasteiger partial charge in [-0.1, -0.05) is 13.8 Å². The molecule has 0 spiro atoms. The minimum absolute atomic E-state index is 0.668. The SMILES string of the molecule is CC.CN=Cc1nc(C)ccc1N. The van der Waals surface area contributed by atoms with E-state index in [1.807, 2.05) is 32.9 Å². The van der Waals surface area contributed by atoms with E-state index in [1.54, 1.807) is 13.3 Å². The van der Waals surface area contributed by atoms with Gasteiger partial charge in [-0.2, -0.15) is 0 Å². The summed E-state index contributed by atoms with van der Waals surface area (Å²) in [5.41, 5.74) is 7.99. The van der Waals surface area contributed by atoms with Gasteiger partial charge in [0.15, 0.2) is 0 Å². The number of rotatable bonds is 1. The maximum atomic E-state index is 5.62. The molecule has 1 rings (SSSR count). The Morgan fingerprint density at radius 2 is 2.00 bits per heavy atom. The van der Waals surface area contributed by atoms with Gasteiger partial charge in [-0.15, -0.1) is 0 Å². The molecule has 0 saturated heterocycles. The number of aromatic nitrogens is 1. The average molecular weight is 179 g/mol. The number of hydrogen-bond acceptors (Lipinski definition) is 3. The molecule has 0 aromatic carbocycles. The third-order valence-electron chi connectivity index (χ3n) is 1.35. The molecule has 1 aromatic heterocycles. The third-order valence-corrected chi connectivity index (χ3v) is 1.35. The Labute approximate surface area is 79.7 Å². The predicted molar refractivity (Wildman–Crippen MR) is 58.3 cm³/mol. The third kappa shape index (κ3) is 3.69. The number of pyridine rings is 1. The first-order valence-corrected chi connectivity index (χ1v) is 4.39. The van der Waals surface area contributed by atoms with Crippen molar-refractivity contribution < 1.29 is 0 Å². The lowest BCUT2D eigenvalue weighted by molar-refractivity contribution is 1.19. The van der Waals surface area contributed by atoms with Crippen LogP contribution in [0.4, 0.5) is 5.69 Å². The van der Waals surface area contributed by atoms with E-state index in [1.165, 1.54) is 0 Å². The van der Waals surface area contributed by atoms with Crippen molar-refractivity contribution >= 4 is 11.9 Å². The molecule has 0 saturated carbocycles. The highest BCUT2D eigenvalue weighted by Crippen LogP contribution is 2.06. The monoisotopic (exact) mass is 179 g/mol. The number of anilines is 1. The van der Waals surface area contributed by atoms with E-state index in [9.17, 15) is 0 Å². The Morgan fingerprint density at radius 1 is 1.38 bits per heavy atom. The molecule has 2 N–H and O–H groups in total. The van der Waals surface area contributed by atoms with Crippen molar-refractivity contribution in [1.29, 1.82) is 0 Å². The van der Waals surface area contributed by atoms with Crippen LogP contribution in [0.2, 0.25) is 0 Å². The van der Waals surface area contributed by atoms with Crippen LogP contribution < -0.4 is 5.73 Å². The zero-order chi connectivity index (χ0) is 10.3. The highest BCUT2D eigenvalue weighted by Gasteiger charge is 1.95. The van der Waals surface area contributed by atoms with Crippen LogP contribution in [0.5, 0.6) is 0 Å². The minimum Gasteiger partial charge on any atom is -0.397 e. The summed E-state index contributed by atoms with van der Waals surface area (Å²) in [5, 5.41) is 0. The second-order valence-corrected chi connectivity index (χ2v) is 2.31. The lowest BCUT2D eigenvalue weighted by atomic mass is 10.3. The van der Waals surface area contributed by atoms with Crippen molar-refractivity contribution in [2.45, 2.75) is 20.8 Å². The van der Waals surface area contributed by atoms with Crippen LogP contribution in [0.25, 0.3) is 0 Å². The summed E-state index contributed by atoms with van der Waals surface area (Å²) in [6.45, 7) is 5.92. The summed E-state index contributed by atoms with van der Waals surface area (Å²) in [6, 6.07) is 3.71. The molecule has 13 heavy (non-hydrogen) atoms. The summed E-state index contributed by atoms with van der Waals surface area (Å²) in [6.07, 6.45) is 1.66. The number of nitrogen functional groups attached to an aromatic ring is 1. The molecule has 72 valence electrons. The van der Waals surface area contributed by atoms with E-state index >= 15 is 0 Å². The lowest BCUT2D eigenvalue weighted by Crippen LogP contribution is -1.97. The molecular weight excluding hydrogens is 162 g/mol. The van der Waals surface area contributed by atoms with Crippen LogP contribution in [-0.4, -0.2) is 18.2 Å². The van der Waals surface area contributed by atoms with Crippen molar-refractivity contribution in [1.82, 2.24) is 4.98 Å². The Hall–Kier alpha value is -1.38. The number of hydrogen-bond donors (Lipinski definition) is 1. The van der Waals surface area contributed by atoms with Crippen molar-refractivity contribution in [2.24, 2.45) is 4.99 Å². The van der Waals surface area contributed by atoms with Crippen LogP contribution in [0.3, 0.4) is 0 Å². The number of aliphatic imine (C=N–C) groups is 1. The van der Waals surface area contributed by atoms with Crippen LogP contribution >= 0.6 is 0 Å². The smallest absolute Gasteiger partial charge is 0.104 e. The maximum Gasteiger partial charge on any atom is 0.104 e. The fraction of sp³-hybridized carbons (Fsp3) is 0.400. The number of nitrogens with zero attached hydrogens (tertiary/aromatic N) is 2. The van der Waals surface area contributed by atoms with Crippen LogP contribution in [0, 0.1) is 6.92 Å². The fourth-order valence-corrected chi connectivity index (χ4v) is 0.813. The Bertz CT molecular complexity index is 279. The topological polar surface area (TPSA) is 51.3 Å². The molecule has 0 aliphatic carbocycles. The van der Waals surface area contributed by atoms with Gasteiger partial charge in [-0.25, -0.2) is 4.98 Å². The fourth-order valence-electron chi connectivity index (χ4n) is 0.813. The van der Waals surface area contributed by atoms with Crippen molar-refractivity contribution in [3.8, 4) is 0 Å². The molecule has 0 aliphatic heterocycles. The van der Waals surface area contributed by atoms with E-state index in [-0.39, 0.29) is 0 Å². The molecule has 3 heteroatoms. The van der Waals surface area contributed by atoms with E-state index in [0.29, 0.717) is 5.69 Å². The van der Waals surface area contributed by atoms with Crippen molar-refractivity contribution in [3.63, 3.8) is 0 Å². The van der Waals surface area contributed by atoms with Gasteiger partial charge in [0.05, 0.1) is 5.69 Å². The zero-order valence-electron chi connectivity index (χ0n) is 8.70. The molecule has 0 atom stereocenters. The van der Waals surface area contributed by atoms with Gasteiger partial charge in [0.2, 0.25) is 0 Å². The predicted octanol–water partition coefficient (Wildman–Crippen LogP) is 2.05. The quantitative estimate of drug-likeness (QED) is 0.671. The van der Waals surface area contributed by atoms with Crippen LogP contribution in [-0.2, 0) is 0 Å². The molecule has 1 heterocycles. The van der Waals surface area contributed by atoms with Gasteiger partial charge in [-0.05, 0) is 19.1 Å². The Kier molecular flexibility index (Phi) is 5.52. The summed E-state index contributed by atoms with van der Waals surface area (Å²) in [4.78, 5) is 8.03. The first-order valence-electron chi connectivity index (χ1n) is 4.39. The first-order chi connectivity index (χ1) is 6.24. The summed E-state index contributed by atoms with van der Waals surface area (Å²) < 4.78 is 0. The normalized spacial score (nSPS) is 9.54. The van der Waals surface area contributed by atoms with E-state index < -0.39 is 0 Å². The molecule has 3 nitrogen and oxygen atoms in total. The lowest BCUT2D eigenvalue weighted by Gasteiger charge is -1.98. The molecule has 0 aliphatic rings. The summed E-state index contributed by atoms with van der Waals surface area (Å²) in [5.74, 6) is 0. The van der Waals surface area contributed by atoms with Crippen molar-refractivity contribution in [2.75, 3.05) is 12.8 Å². The zero-order valence-corrected chi connectivity index (χ0v) is 8.70.